The Kier molecular flexibility index (Phi) is 6.12. The molecule has 0 aliphatic heterocycles. The van der Waals surface area contributed by atoms with Crippen LogP contribution in [-0.4, -0.2) is 17.7 Å². The molecule has 0 heterocycles. The maximum Gasteiger partial charge on any atom is 0.223 e. The predicted octanol–water partition coefficient (Wildman–Crippen LogP) is 3.49. The van der Waals surface area contributed by atoms with E-state index in [2.05, 4.69) is 36.5 Å². The van der Waals surface area contributed by atoms with E-state index in [4.69, 9.17) is 5.73 Å². The third-order valence-corrected chi connectivity index (χ3v) is 5.03. The summed E-state index contributed by atoms with van der Waals surface area (Å²) >= 11 is 1.83. The monoisotopic (exact) mass is 306 g/mol. The number of rotatable bonds is 5. The summed E-state index contributed by atoms with van der Waals surface area (Å²) in [6.07, 6.45) is 3.91. The van der Waals surface area contributed by atoms with Gasteiger partial charge in [-0.1, -0.05) is 25.5 Å². The number of hydrogen-bond donors (Lipinski definition) is 2. The van der Waals surface area contributed by atoms with Crippen LogP contribution < -0.4 is 11.1 Å². The zero-order valence-corrected chi connectivity index (χ0v) is 13.8. The molecule has 2 rings (SSSR count). The second-order valence-electron chi connectivity index (χ2n) is 5.86. The van der Waals surface area contributed by atoms with Crippen molar-refractivity contribution in [2.24, 2.45) is 11.7 Å². The van der Waals surface area contributed by atoms with Gasteiger partial charge < -0.3 is 11.1 Å². The van der Waals surface area contributed by atoms with Crippen molar-refractivity contribution in [2.75, 3.05) is 5.75 Å². The molecule has 0 saturated heterocycles. The minimum atomic E-state index is 0.0522. The van der Waals surface area contributed by atoms with Gasteiger partial charge >= 0.3 is 0 Å². The Morgan fingerprint density at radius 1 is 1.38 bits per heavy atom. The van der Waals surface area contributed by atoms with Gasteiger partial charge in [-0.15, -0.1) is 11.8 Å². The molecule has 3 nitrogen and oxygen atoms in total. The third-order valence-electron chi connectivity index (χ3n) is 4.14. The summed E-state index contributed by atoms with van der Waals surface area (Å²) in [5.41, 5.74) is 7.12. The van der Waals surface area contributed by atoms with E-state index in [1.807, 2.05) is 18.7 Å². The van der Waals surface area contributed by atoms with Crippen molar-refractivity contribution in [1.29, 1.82) is 0 Å². The number of thioether (sulfide) groups is 1. The Morgan fingerprint density at radius 2 is 2.10 bits per heavy atom. The fourth-order valence-electron chi connectivity index (χ4n) is 2.90. The van der Waals surface area contributed by atoms with Crippen LogP contribution in [0.3, 0.4) is 0 Å². The lowest BCUT2D eigenvalue weighted by Crippen LogP contribution is -2.38. The normalized spacial score (nSPS) is 23.6. The van der Waals surface area contributed by atoms with Crippen LogP contribution in [-0.2, 0) is 4.79 Å². The topological polar surface area (TPSA) is 55.1 Å². The summed E-state index contributed by atoms with van der Waals surface area (Å²) < 4.78 is 0. The Bertz CT molecular complexity index is 460. The standard InChI is InChI=1S/C17H26N2OS/c1-3-21-16-9-7-13(8-10-16)12(2)19-17(20)14-5-4-6-15(18)11-14/h7-10,12,14-15H,3-6,11,18H2,1-2H3,(H,19,20). The molecule has 1 amide bonds. The first kappa shape index (κ1) is 16.4. The van der Waals surface area contributed by atoms with Gasteiger partial charge in [0.2, 0.25) is 5.91 Å². The second kappa shape index (κ2) is 7.85. The van der Waals surface area contributed by atoms with Crippen LogP contribution in [0.5, 0.6) is 0 Å². The first-order valence-electron chi connectivity index (χ1n) is 7.89. The number of amides is 1. The molecule has 0 aromatic heterocycles. The van der Waals surface area contributed by atoms with Crippen LogP contribution in [0.4, 0.5) is 0 Å². The largest absolute Gasteiger partial charge is 0.349 e. The van der Waals surface area contributed by atoms with Gasteiger partial charge in [0.15, 0.2) is 0 Å². The summed E-state index contributed by atoms with van der Waals surface area (Å²) in [6, 6.07) is 8.71. The van der Waals surface area contributed by atoms with Crippen LogP contribution in [0.1, 0.15) is 51.1 Å². The maximum atomic E-state index is 12.3. The molecule has 3 N–H and O–H groups in total. The van der Waals surface area contributed by atoms with E-state index in [1.54, 1.807) is 0 Å². The lowest BCUT2D eigenvalue weighted by atomic mass is 9.85. The quantitative estimate of drug-likeness (QED) is 0.819. The van der Waals surface area contributed by atoms with Gasteiger partial charge in [0.05, 0.1) is 6.04 Å². The lowest BCUT2D eigenvalue weighted by molar-refractivity contribution is -0.126. The van der Waals surface area contributed by atoms with Gasteiger partial charge in [-0.2, -0.15) is 0 Å². The molecule has 0 bridgehead atoms. The van der Waals surface area contributed by atoms with Gasteiger partial charge in [0, 0.05) is 16.9 Å². The smallest absolute Gasteiger partial charge is 0.223 e. The molecular weight excluding hydrogens is 280 g/mol. The summed E-state index contributed by atoms with van der Waals surface area (Å²) in [5, 5.41) is 3.14. The van der Waals surface area contributed by atoms with Gasteiger partial charge in [-0.05, 0) is 49.6 Å². The second-order valence-corrected chi connectivity index (χ2v) is 7.19. The Labute approximate surface area is 132 Å². The molecule has 0 spiro atoms. The van der Waals surface area contributed by atoms with Gasteiger partial charge in [-0.3, -0.25) is 4.79 Å². The molecule has 1 aromatic rings. The highest BCUT2D eigenvalue weighted by Crippen LogP contribution is 2.25. The highest BCUT2D eigenvalue weighted by atomic mass is 32.2. The van der Waals surface area contributed by atoms with E-state index >= 15 is 0 Å². The van der Waals surface area contributed by atoms with Crippen molar-refractivity contribution in [2.45, 2.75) is 56.5 Å². The summed E-state index contributed by atoms with van der Waals surface area (Å²) in [6.45, 7) is 4.19. The van der Waals surface area contributed by atoms with Crippen LogP contribution >= 0.6 is 11.8 Å². The molecule has 1 fully saturated rings. The van der Waals surface area contributed by atoms with Gasteiger partial charge in [0.1, 0.15) is 0 Å². The molecule has 1 aliphatic rings. The first-order valence-corrected chi connectivity index (χ1v) is 8.87. The van der Waals surface area contributed by atoms with Crippen LogP contribution in [0.15, 0.2) is 29.2 Å². The molecule has 21 heavy (non-hydrogen) atoms. The minimum absolute atomic E-state index is 0.0522. The third kappa shape index (κ3) is 4.75. The zero-order chi connectivity index (χ0) is 15.2. The van der Waals surface area contributed by atoms with Crippen LogP contribution in [0, 0.1) is 5.92 Å². The number of carbonyl (C=O) groups is 1. The highest BCUT2D eigenvalue weighted by Gasteiger charge is 2.26. The van der Waals surface area contributed by atoms with Crippen molar-refractivity contribution in [3.8, 4) is 0 Å². The minimum Gasteiger partial charge on any atom is -0.349 e. The van der Waals surface area contributed by atoms with Crippen molar-refractivity contribution >= 4 is 17.7 Å². The molecular formula is C17H26N2OS. The van der Waals surface area contributed by atoms with Gasteiger partial charge in [0.25, 0.3) is 0 Å². The van der Waals surface area contributed by atoms with E-state index in [-0.39, 0.29) is 23.9 Å². The maximum absolute atomic E-state index is 12.3. The Hall–Kier alpha value is -1.00. The average molecular weight is 306 g/mol. The molecule has 116 valence electrons. The molecule has 3 atom stereocenters. The lowest BCUT2D eigenvalue weighted by Gasteiger charge is -2.27. The Balaban J connectivity index is 1.90. The van der Waals surface area contributed by atoms with Crippen molar-refractivity contribution in [1.82, 2.24) is 5.32 Å². The SMILES string of the molecule is CCSc1ccc(C(C)NC(=O)C2CCCC(N)C2)cc1. The molecule has 1 aromatic carbocycles. The molecule has 4 heteroatoms. The van der Waals surface area contributed by atoms with Crippen molar-refractivity contribution in [3.05, 3.63) is 29.8 Å². The molecule has 0 radical (unpaired) electrons. The average Bonchev–Trinajstić information content (AvgIpc) is 2.48. The van der Waals surface area contributed by atoms with Crippen LogP contribution in [0.2, 0.25) is 0 Å². The van der Waals surface area contributed by atoms with E-state index < -0.39 is 0 Å². The fraction of sp³-hybridized carbons (Fsp3) is 0.588. The molecule has 1 aliphatic carbocycles. The first-order chi connectivity index (χ1) is 10.1. The van der Waals surface area contributed by atoms with E-state index in [0.717, 1.165) is 37.0 Å². The van der Waals surface area contributed by atoms with Crippen molar-refractivity contribution < 1.29 is 4.79 Å². The van der Waals surface area contributed by atoms with Crippen molar-refractivity contribution in [3.63, 3.8) is 0 Å². The number of nitrogens with one attached hydrogen (secondary N) is 1. The summed E-state index contributed by atoms with van der Waals surface area (Å²) in [4.78, 5) is 13.6. The summed E-state index contributed by atoms with van der Waals surface area (Å²) in [5.74, 6) is 1.32. The van der Waals surface area contributed by atoms with Crippen LogP contribution in [0.25, 0.3) is 0 Å². The van der Waals surface area contributed by atoms with Gasteiger partial charge in [-0.25, -0.2) is 0 Å². The van der Waals surface area contributed by atoms with E-state index in [1.165, 1.54) is 4.90 Å². The number of nitrogens with two attached hydrogens (primary N) is 1. The van der Waals surface area contributed by atoms with E-state index in [0.29, 0.717) is 0 Å². The highest BCUT2D eigenvalue weighted by molar-refractivity contribution is 7.99. The predicted molar refractivity (Wildman–Crippen MR) is 89.3 cm³/mol. The Morgan fingerprint density at radius 3 is 2.71 bits per heavy atom. The summed E-state index contributed by atoms with van der Waals surface area (Å²) in [7, 11) is 0. The number of carbonyl (C=O) groups excluding carboxylic acids is 1. The molecule has 1 saturated carbocycles. The van der Waals surface area contributed by atoms with E-state index in [9.17, 15) is 4.79 Å². The number of benzene rings is 1. The fourth-order valence-corrected chi connectivity index (χ4v) is 3.56. The molecule has 3 unspecified atom stereocenters. The zero-order valence-electron chi connectivity index (χ0n) is 13.0. The number of hydrogen-bond acceptors (Lipinski definition) is 3.